The SMILES string of the molecule is O=C1CC(c2ccc(F)cc2)c2c(n(C3CCCC3)[nH]c2=O)N1. The lowest BCUT2D eigenvalue weighted by molar-refractivity contribution is -0.116. The van der Waals surface area contributed by atoms with Crippen molar-refractivity contribution in [3.63, 3.8) is 0 Å². The van der Waals surface area contributed by atoms with Crippen LogP contribution in [-0.4, -0.2) is 15.7 Å². The topological polar surface area (TPSA) is 66.9 Å². The van der Waals surface area contributed by atoms with Crippen molar-refractivity contribution in [2.45, 2.75) is 44.1 Å². The van der Waals surface area contributed by atoms with Crippen LogP contribution in [0.15, 0.2) is 29.1 Å². The molecule has 23 heavy (non-hydrogen) atoms. The number of hydrogen-bond acceptors (Lipinski definition) is 2. The summed E-state index contributed by atoms with van der Waals surface area (Å²) in [5.41, 5.74) is 1.21. The zero-order chi connectivity index (χ0) is 16.0. The van der Waals surface area contributed by atoms with Crippen LogP contribution in [0.4, 0.5) is 10.2 Å². The van der Waals surface area contributed by atoms with E-state index in [1.54, 1.807) is 12.1 Å². The van der Waals surface area contributed by atoms with E-state index in [4.69, 9.17) is 0 Å². The van der Waals surface area contributed by atoms with Gasteiger partial charge in [-0.05, 0) is 30.5 Å². The summed E-state index contributed by atoms with van der Waals surface area (Å²) in [6.07, 6.45) is 4.49. The molecular formula is C17H18FN3O2. The second kappa shape index (κ2) is 5.37. The highest BCUT2D eigenvalue weighted by atomic mass is 19.1. The van der Waals surface area contributed by atoms with Gasteiger partial charge < -0.3 is 5.32 Å². The van der Waals surface area contributed by atoms with E-state index in [2.05, 4.69) is 10.4 Å². The van der Waals surface area contributed by atoms with Crippen LogP contribution in [0.25, 0.3) is 0 Å². The molecule has 4 rings (SSSR count). The van der Waals surface area contributed by atoms with Gasteiger partial charge in [0, 0.05) is 12.3 Å². The van der Waals surface area contributed by atoms with Crippen molar-refractivity contribution >= 4 is 11.7 Å². The van der Waals surface area contributed by atoms with Crippen molar-refractivity contribution in [3.8, 4) is 0 Å². The number of carbonyl (C=O) groups is 1. The lowest BCUT2D eigenvalue weighted by Crippen LogP contribution is -2.27. The van der Waals surface area contributed by atoms with Crippen LogP contribution in [0.5, 0.6) is 0 Å². The van der Waals surface area contributed by atoms with Gasteiger partial charge >= 0.3 is 0 Å². The second-order valence-electron chi connectivity index (χ2n) is 6.37. The number of amides is 1. The molecule has 1 unspecified atom stereocenters. The minimum Gasteiger partial charge on any atom is -0.311 e. The molecule has 0 saturated heterocycles. The fourth-order valence-electron chi connectivity index (χ4n) is 3.80. The molecule has 1 fully saturated rings. The van der Waals surface area contributed by atoms with Gasteiger partial charge in [0.2, 0.25) is 5.91 Å². The van der Waals surface area contributed by atoms with E-state index in [1.807, 2.05) is 4.68 Å². The fourth-order valence-corrected chi connectivity index (χ4v) is 3.80. The Hall–Kier alpha value is -2.37. The Morgan fingerprint density at radius 2 is 1.78 bits per heavy atom. The molecule has 1 aliphatic heterocycles. The third-order valence-electron chi connectivity index (χ3n) is 4.92. The minimum absolute atomic E-state index is 0.113. The number of fused-ring (bicyclic) bond motifs is 1. The van der Waals surface area contributed by atoms with Crippen molar-refractivity contribution in [2.75, 3.05) is 5.32 Å². The van der Waals surface area contributed by atoms with Gasteiger partial charge in [0.1, 0.15) is 11.6 Å². The first-order valence-electron chi connectivity index (χ1n) is 8.03. The third-order valence-corrected chi connectivity index (χ3v) is 4.92. The Balaban J connectivity index is 1.82. The first kappa shape index (κ1) is 14.2. The largest absolute Gasteiger partial charge is 0.311 e. The van der Waals surface area contributed by atoms with E-state index in [0.717, 1.165) is 31.2 Å². The number of benzene rings is 1. The summed E-state index contributed by atoms with van der Waals surface area (Å²) in [4.78, 5) is 24.6. The first-order valence-corrected chi connectivity index (χ1v) is 8.03. The van der Waals surface area contributed by atoms with Crippen LogP contribution in [0.1, 0.15) is 55.2 Å². The molecule has 1 atom stereocenters. The van der Waals surface area contributed by atoms with E-state index in [9.17, 15) is 14.0 Å². The van der Waals surface area contributed by atoms with E-state index < -0.39 is 0 Å². The third kappa shape index (κ3) is 2.38. The molecule has 120 valence electrons. The Bertz CT molecular complexity index is 800. The predicted octanol–water partition coefficient (Wildman–Crippen LogP) is 2.90. The molecule has 2 N–H and O–H groups in total. The van der Waals surface area contributed by atoms with Crippen LogP contribution in [-0.2, 0) is 4.79 Å². The summed E-state index contributed by atoms with van der Waals surface area (Å²) in [5, 5.41) is 5.76. The summed E-state index contributed by atoms with van der Waals surface area (Å²) < 4.78 is 15.0. The molecule has 1 amide bonds. The number of hydrogen-bond donors (Lipinski definition) is 2. The number of anilines is 1. The molecule has 0 bridgehead atoms. The number of nitrogens with zero attached hydrogens (tertiary/aromatic N) is 1. The van der Waals surface area contributed by atoms with Gasteiger partial charge in [-0.25, -0.2) is 4.39 Å². The van der Waals surface area contributed by atoms with Gasteiger partial charge in [-0.1, -0.05) is 25.0 Å². The normalized spacial score (nSPS) is 21.3. The summed E-state index contributed by atoms with van der Waals surface area (Å²) in [6.45, 7) is 0. The van der Waals surface area contributed by atoms with E-state index in [-0.39, 0.29) is 35.7 Å². The highest BCUT2D eigenvalue weighted by Gasteiger charge is 2.34. The van der Waals surface area contributed by atoms with Crippen molar-refractivity contribution in [1.29, 1.82) is 0 Å². The highest BCUT2D eigenvalue weighted by Crippen LogP contribution is 2.38. The number of aromatic amines is 1. The zero-order valence-corrected chi connectivity index (χ0v) is 12.6. The quantitative estimate of drug-likeness (QED) is 0.895. The molecule has 0 spiro atoms. The monoisotopic (exact) mass is 315 g/mol. The van der Waals surface area contributed by atoms with Crippen molar-refractivity contribution < 1.29 is 9.18 Å². The average Bonchev–Trinajstić information content (AvgIpc) is 3.15. The van der Waals surface area contributed by atoms with E-state index in [0.29, 0.717) is 11.4 Å². The Morgan fingerprint density at radius 3 is 2.48 bits per heavy atom. The predicted molar refractivity (Wildman–Crippen MR) is 84.0 cm³/mol. The maximum atomic E-state index is 13.2. The second-order valence-corrected chi connectivity index (χ2v) is 6.37. The molecule has 1 aromatic carbocycles. The number of H-pyrrole nitrogens is 1. The van der Waals surface area contributed by atoms with Crippen LogP contribution in [0, 0.1) is 5.82 Å². The van der Waals surface area contributed by atoms with E-state index in [1.165, 1.54) is 12.1 Å². The van der Waals surface area contributed by atoms with Crippen LogP contribution >= 0.6 is 0 Å². The zero-order valence-electron chi connectivity index (χ0n) is 12.6. The number of carbonyl (C=O) groups excluding carboxylic acids is 1. The van der Waals surface area contributed by atoms with Gasteiger partial charge in [-0.2, -0.15) is 0 Å². The lowest BCUT2D eigenvalue weighted by Gasteiger charge is -2.24. The van der Waals surface area contributed by atoms with Gasteiger partial charge in [0.15, 0.2) is 0 Å². The molecule has 1 aliphatic carbocycles. The van der Waals surface area contributed by atoms with Gasteiger partial charge in [0.05, 0.1) is 11.6 Å². The average molecular weight is 315 g/mol. The number of nitrogens with one attached hydrogen (secondary N) is 2. The van der Waals surface area contributed by atoms with Gasteiger partial charge in [-0.15, -0.1) is 0 Å². The highest BCUT2D eigenvalue weighted by molar-refractivity contribution is 5.94. The molecule has 2 aliphatic rings. The van der Waals surface area contributed by atoms with Gasteiger partial charge in [0.25, 0.3) is 5.56 Å². The van der Waals surface area contributed by atoms with Crippen LogP contribution < -0.4 is 10.9 Å². The summed E-state index contributed by atoms with van der Waals surface area (Å²) in [7, 11) is 0. The summed E-state index contributed by atoms with van der Waals surface area (Å²) >= 11 is 0. The molecule has 1 saturated carbocycles. The maximum absolute atomic E-state index is 13.2. The lowest BCUT2D eigenvalue weighted by atomic mass is 9.87. The van der Waals surface area contributed by atoms with Gasteiger partial charge in [-0.3, -0.25) is 19.4 Å². The Kier molecular flexibility index (Phi) is 3.32. The Labute approximate surface area is 132 Å². The number of halogens is 1. The Morgan fingerprint density at radius 1 is 1.09 bits per heavy atom. The maximum Gasteiger partial charge on any atom is 0.270 e. The molecule has 2 aromatic rings. The molecular weight excluding hydrogens is 297 g/mol. The van der Waals surface area contributed by atoms with Crippen molar-refractivity contribution in [3.05, 3.63) is 51.6 Å². The standard InChI is InChI=1S/C17H18FN3O2/c18-11-7-5-10(6-8-11)13-9-14(22)19-16-15(13)17(23)20-21(16)12-3-1-2-4-12/h5-8,12-13H,1-4,9H2,(H,19,22)(H,20,23). The summed E-state index contributed by atoms with van der Waals surface area (Å²) in [6, 6.07) is 6.26. The number of rotatable bonds is 2. The molecule has 1 aromatic heterocycles. The fraction of sp³-hybridized carbons (Fsp3) is 0.412. The summed E-state index contributed by atoms with van der Waals surface area (Å²) in [5.74, 6) is -0.178. The first-order chi connectivity index (χ1) is 11.1. The molecule has 6 heteroatoms. The van der Waals surface area contributed by atoms with Crippen LogP contribution in [0.2, 0.25) is 0 Å². The van der Waals surface area contributed by atoms with Crippen LogP contribution in [0.3, 0.4) is 0 Å². The molecule has 0 radical (unpaired) electrons. The minimum atomic E-state index is -0.328. The molecule has 5 nitrogen and oxygen atoms in total. The smallest absolute Gasteiger partial charge is 0.270 e. The number of aromatic nitrogens is 2. The van der Waals surface area contributed by atoms with Crippen molar-refractivity contribution in [1.82, 2.24) is 9.78 Å². The van der Waals surface area contributed by atoms with Crippen molar-refractivity contribution in [2.24, 2.45) is 0 Å². The molecule has 2 heterocycles. The van der Waals surface area contributed by atoms with E-state index >= 15 is 0 Å².